The molecule has 0 bridgehead atoms. The molecule has 2 aliphatic heterocycles. The van der Waals surface area contributed by atoms with Gasteiger partial charge < -0.3 is 9.32 Å². The monoisotopic (exact) mass is 429 g/mol. The number of carbonyl (C=O) groups is 1. The highest BCUT2D eigenvalue weighted by atomic mass is 16.4. The first kappa shape index (κ1) is 22.0. The van der Waals surface area contributed by atoms with E-state index in [1.165, 1.54) is 5.56 Å². The highest BCUT2D eigenvalue weighted by Crippen LogP contribution is 2.48. The lowest BCUT2D eigenvalue weighted by Gasteiger charge is -2.39. The second-order valence-corrected chi connectivity index (χ2v) is 9.84. The van der Waals surface area contributed by atoms with E-state index in [1.807, 2.05) is 32.0 Å². The third-order valence-electron chi connectivity index (χ3n) is 6.76. The van der Waals surface area contributed by atoms with Crippen LogP contribution in [-0.2, 0) is 18.4 Å². The van der Waals surface area contributed by atoms with Gasteiger partial charge in [-0.05, 0) is 37.8 Å². The van der Waals surface area contributed by atoms with Gasteiger partial charge in [-0.2, -0.15) is 5.10 Å². The van der Waals surface area contributed by atoms with E-state index < -0.39 is 0 Å². The Morgan fingerprint density at radius 2 is 2.03 bits per heavy atom. The number of hydrogen-bond donors (Lipinski definition) is 0. The van der Waals surface area contributed by atoms with Crippen LogP contribution in [0.15, 0.2) is 16.8 Å². The van der Waals surface area contributed by atoms with E-state index in [1.54, 1.807) is 4.90 Å². The van der Waals surface area contributed by atoms with E-state index in [-0.39, 0.29) is 23.3 Å². The fourth-order valence-electron chi connectivity index (χ4n) is 4.84. The third kappa shape index (κ3) is 4.82. The Morgan fingerprint density at radius 1 is 1.29 bits per heavy atom. The fraction of sp³-hybridized carbons (Fsp3) is 0.727. The zero-order valence-electron chi connectivity index (χ0n) is 19.4. The molecular weight excluding hydrogens is 394 g/mol. The van der Waals surface area contributed by atoms with Crippen molar-refractivity contribution in [1.82, 2.24) is 34.7 Å². The Labute approximate surface area is 184 Å². The van der Waals surface area contributed by atoms with Crippen LogP contribution in [0.4, 0.5) is 0 Å². The largest absolute Gasteiger partial charge is 0.423 e. The van der Waals surface area contributed by atoms with Crippen LogP contribution in [0, 0.1) is 5.41 Å². The summed E-state index contributed by atoms with van der Waals surface area (Å²) in [6, 6.07) is 0.00812. The van der Waals surface area contributed by atoms with Gasteiger partial charge in [0.2, 0.25) is 17.7 Å². The number of nitrogens with zero attached hydrogens (tertiary/aromatic N) is 7. The number of aryl methyl sites for hydroxylation is 1. The molecule has 0 aliphatic carbocycles. The van der Waals surface area contributed by atoms with Crippen molar-refractivity contribution in [3.63, 3.8) is 0 Å². The van der Waals surface area contributed by atoms with E-state index >= 15 is 0 Å². The molecule has 4 heterocycles. The van der Waals surface area contributed by atoms with Gasteiger partial charge in [0.25, 0.3) is 0 Å². The maximum absolute atomic E-state index is 12.5. The molecule has 0 N–H and O–H groups in total. The maximum Gasteiger partial charge on any atom is 0.236 e. The molecule has 0 saturated carbocycles. The van der Waals surface area contributed by atoms with E-state index in [0.29, 0.717) is 18.3 Å². The van der Waals surface area contributed by atoms with Crippen LogP contribution in [0.2, 0.25) is 0 Å². The van der Waals surface area contributed by atoms with Crippen molar-refractivity contribution in [3.8, 4) is 0 Å². The van der Waals surface area contributed by atoms with E-state index in [2.05, 4.69) is 45.1 Å². The quantitative estimate of drug-likeness (QED) is 0.695. The number of hydrogen-bond acceptors (Lipinski definition) is 7. The molecule has 2 saturated heterocycles. The van der Waals surface area contributed by atoms with E-state index in [9.17, 15) is 4.79 Å². The van der Waals surface area contributed by atoms with Crippen molar-refractivity contribution in [2.75, 3.05) is 40.3 Å². The molecule has 9 heteroatoms. The Kier molecular flexibility index (Phi) is 6.16. The van der Waals surface area contributed by atoms with Crippen LogP contribution >= 0.6 is 0 Å². The van der Waals surface area contributed by atoms with E-state index in [0.717, 1.165) is 45.4 Å². The normalized spacial score (nSPS) is 21.9. The number of likely N-dealkylation sites (tertiary alicyclic amines) is 2. The minimum absolute atomic E-state index is 0.00812. The molecule has 31 heavy (non-hydrogen) atoms. The molecule has 1 unspecified atom stereocenters. The average Bonchev–Trinajstić information content (AvgIpc) is 3.43. The summed E-state index contributed by atoms with van der Waals surface area (Å²) >= 11 is 0. The van der Waals surface area contributed by atoms with Crippen molar-refractivity contribution in [2.24, 2.45) is 12.5 Å². The maximum atomic E-state index is 12.5. The SMILES string of the molecule is CC(C)c1nnc(C2CC3(CCN(Cc4cnn(C)c4)CC3)CN2CC(=O)N(C)C)o1. The fourth-order valence-corrected chi connectivity index (χ4v) is 4.84. The molecule has 2 aromatic rings. The van der Waals surface area contributed by atoms with Crippen LogP contribution in [0.5, 0.6) is 0 Å². The van der Waals surface area contributed by atoms with Gasteiger partial charge in [-0.15, -0.1) is 10.2 Å². The predicted octanol–water partition coefficient (Wildman–Crippen LogP) is 2.04. The lowest BCUT2D eigenvalue weighted by atomic mass is 9.76. The van der Waals surface area contributed by atoms with Gasteiger partial charge in [0.1, 0.15) is 0 Å². The molecule has 0 radical (unpaired) electrons. The van der Waals surface area contributed by atoms with Gasteiger partial charge in [0.05, 0.1) is 18.8 Å². The van der Waals surface area contributed by atoms with Crippen LogP contribution in [0.25, 0.3) is 0 Å². The number of piperidine rings is 1. The molecule has 0 aromatic carbocycles. The van der Waals surface area contributed by atoms with Crippen LogP contribution < -0.4 is 0 Å². The standard InChI is InChI=1S/C22H35N7O2/c1-16(2)20-24-25-21(31-20)18-10-22(15-29(18)14-19(30)26(3)4)6-8-28(9-7-22)13-17-11-23-27(5)12-17/h11-12,16,18H,6-10,13-15H2,1-5H3. The first-order valence-corrected chi connectivity index (χ1v) is 11.2. The smallest absolute Gasteiger partial charge is 0.236 e. The minimum Gasteiger partial charge on any atom is -0.423 e. The molecule has 2 fully saturated rings. The molecule has 1 amide bonds. The zero-order valence-corrected chi connectivity index (χ0v) is 19.4. The van der Waals surface area contributed by atoms with Crippen molar-refractivity contribution >= 4 is 5.91 Å². The molecule has 1 spiro atoms. The average molecular weight is 430 g/mol. The number of likely N-dealkylation sites (N-methyl/N-ethyl adjacent to an activating group) is 1. The summed E-state index contributed by atoms with van der Waals surface area (Å²) in [5.41, 5.74) is 1.45. The summed E-state index contributed by atoms with van der Waals surface area (Å²) in [7, 11) is 5.58. The lowest BCUT2D eigenvalue weighted by Crippen LogP contribution is -2.42. The van der Waals surface area contributed by atoms with Gasteiger partial charge in [-0.25, -0.2) is 0 Å². The zero-order chi connectivity index (χ0) is 22.2. The number of aromatic nitrogens is 4. The molecule has 2 aromatic heterocycles. The van der Waals surface area contributed by atoms with Gasteiger partial charge in [0, 0.05) is 51.9 Å². The van der Waals surface area contributed by atoms with Gasteiger partial charge in [-0.1, -0.05) is 13.8 Å². The lowest BCUT2D eigenvalue weighted by molar-refractivity contribution is -0.130. The Hall–Kier alpha value is -2.26. The van der Waals surface area contributed by atoms with Gasteiger partial charge >= 0.3 is 0 Å². The summed E-state index contributed by atoms with van der Waals surface area (Å²) in [6.45, 7) is 8.45. The number of amides is 1. The Balaban J connectivity index is 1.46. The number of carbonyl (C=O) groups excluding carboxylic acids is 1. The van der Waals surface area contributed by atoms with E-state index in [4.69, 9.17) is 4.42 Å². The van der Waals surface area contributed by atoms with Crippen molar-refractivity contribution in [1.29, 1.82) is 0 Å². The molecule has 2 aliphatic rings. The first-order valence-electron chi connectivity index (χ1n) is 11.2. The molecule has 170 valence electrons. The molecular formula is C22H35N7O2. The number of rotatable bonds is 6. The van der Waals surface area contributed by atoms with Crippen LogP contribution in [0.3, 0.4) is 0 Å². The summed E-state index contributed by atoms with van der Waals surface area (Å²) in [4.78, 5) is 18.9. The highest BCUT2D eigenvalue weighted by molar-refractivity contribution is 5.77. The van der Waals surface area contributed by atoms with Crippen LogP contribution in [-0.4, -0.2) is 80.9 Å². The van der Waals surface area contributed by atoms with Crippen LogP contribution in [0.1, 0.15) is 62.4 Å². The first-order chi connectivity index (χ1) is 14.7. The molecule has 9 nitrogen and oxygen atoms in total. The summed E-state index contributed by atoms with van der Waals surface area (Å²) in [6.07, 6.45) is 7.23. The Bertz CT molecular complexity index is 895. The summed E-state index contributed by atoms with van der Waals surface area (Å²) < 4.78 is 7.89. The van der Waals surface area contributed by atoms with Gasteiger partial charge in [-0.3, -0.25) is 19.3 Å². The van der Waals surface area contributed by atoms with Crippen molar-refractivity contribution < 1.29 is 9.21 Å². The van der Waals surface area contributed by atoms with Gasteiger partial charge in [0.15, 0.2) is 0 Å². The minimum atomic E-state index is 0.00812. The molecule has 4 rings (SSSR count). The third-order valence-corrected chi connectivity index (χ3v) is 6.76. The van der Waals surface area contributed by atoms with Crippen molar-refractivity contribution in [3.05, 3.63) is 29.7 Å². The summed E-state index contributed by atoms with van der Waals surface area (Å²) in [5, 5.41) is 12.9. The molecule has 1 atom stereocenters. The van der Waals surface area contributed by atoms with Crippen molar-refractivity contribution in [2.45, 2.75) is 51.6 Å². The second-order valence-electron chi connectivity index (χ2n) is 9.84. The summed E-state index contributed by atoms with van der Waals surface area (Å²) in [5.74, 6) is 1.63. The topological polar surface area (TPSA) is 83.5 Å². The second kappa shape index (κ2) is 8.70. The predicted molar refractivity (Wildman–Crippen MR) is 116 cm³/mol. The highest BCUT2D eigenvalue weighted by Gasteiger charge is 2.48. The Morgan fingerprint density at radius 3 is 2.61 bits per heavy atom.